The van der Waals surface area contributed by atoms with Gasteiger partial charge in [0, 0.05) is 37.3 Å². The first kappa shape index (κ1) is 17.4. The number of carbonyl (C=O) groups is 1. The van der Waals surface area contributed by atoms with Crippen LogP contribution in [0.1, 0.15) is 49.9 Å². The predicted octanol–water partition coefficient (Wildman–Crippen LogP) is 0.975. The Labute approximate surface area is 143 Å². The minimum absolute atomic E-state index is 0.0346. The van der Waals surface area contributed by atoms with Crippen molar-refractivity contribution in [2.75, 3.05) is 18.8 Å². The lowest BCUT2D eigenvalue weighted by molar-refractivity contribution is -0.127. The van der Waals surface area contributed by atoms with Gasteiger partial charge in [-0.3, -0.25) is 9.48 Å². The highest BCUT2D eigenvalue weighted by molar-refractivity contribution is 7.89. The van der Waals surface area contributed by atoms with Gasteiger partial charge in [0.05, 0.1) is 18.0 Å². The maximum Gasteiger partial charge on any atom is 0.223 e. The number of aromatic nitrogens is 2. The molecule has 1 aromatic heterocycles. The standard InChI is InChI=1S/C16H26N4O3S/c1-3-24(22,23)20-9-7-12(8-10-20)16(21)18-14-5-4-6-15-13(14)11-17-19(15)2/h11-12,14H,3-10H2,1-2H3,(H,18,21)/t14-/m0/s1. The lowest BCUT2D eigenvalue weighted by atomic mass is 9.91. The van der Waals surface area contributed by atoms with Gasteiger partial charge in [0.15, 0.2) is 0 Å². The molecular formula is C16H26N4O3S. The topological polar surface area (TPSA) is 84.3 Å². The number of nitrogens with one attached hydrogen (secondary N) is 1. The van der Waals surface area contributed by atoms with E-state index in [1.807, 2.05) is 17.9 Å². The number of hydrogen-bond acceptors (Lipinski definition) is 4. The number of carbonyl (C=O) groups excluding carboxylic acids is 1. The molecule has 0 radical (unpaired) electrons. The van der Waals surface area contributed by atoms with Crippen molar-refractivity contribution in [2.45, 2.75) is 45.1 Å². The van der Waals surface area contributed by atoms with Crippen molar-refractivity contribution in [1.82, 2.24) is 19.4 Å². The number of amides is 1. The summed E-state index contributed by atoms with van der Waals surface area (Å²) in [5, 5.41) is 7.47. The first-order chi connectivity index (χ1) is 11.4. The number of fused-ring (bicyclic) bond motifs is 1. The molecule has 1 fully saturated rings. The van der Waals surface area contributed by atoms with Gasteiger partial charge < -0.3 is 5.32 Å². The van der Waals surface area contributed by atoms with Crippen LogP contribution in [-0.2, 0) is 28.3 Å². The van der Waals surface area contributed by atoms with Crippen molar-refractivity contribution in [3.05, 3.63) is 17.5 Å². The SMILES string of the molecule is CCS(=O)(=O)N1CCC(C(=O)N[C@H]2CCCc3c2cnn3C)CC1. The summed E-state index contributed by atoms with van der Waals surface area (Å²) < 4.78 is 27.2. The van der Waals surface area contributed by atoms with Gasteiger partial charge >= 0.3 is 0 Å². The van der Waals surface area contributed by atoms with Crippen LogP contribution in [0.3, 0.4) is 0 Å². The average Bonchev–Trinajstić information content (AvgIpc) is 2.97. The van der Waals surface area contributed by atoms with E-state index in [1.165, 1.54) is 10.00 Å². The van der Waals surface area contributed by atoms with Crippen LogP contribution in [0.5, 0.6) is 0 Å². The Morgan fingerprint density at radius 3 is 2.71 bits per heavy atom. The molecule has 2 aliphatic rings. The summed E-state index contributed by atoms with van der Waals surface area (Å²) in [6.45, 7) is 2.54. The van der Waals surface area contributed by atoms with Gasteiger partial charge in [-0.1, -0.05) is 0 Å². The van der Waals surface area contributed by atoms with E-state index < -0.39 is 10.0 Å². The quantitative estimate of drug-likeness (QED) is 0.873. The van der Waals surface area contributed by atoms with Gasteiger partial charge in [0.1, 0.15) is 0 Å². The summed E-state index contributed by atoms with van der Waals surface area (Å²) in [4.78, 5) is 12.6. The Bertz CT molecular complexity index is 705. The molecule has 2 heterocycles. The molecule has 24 heavy (non-hydrogen) atoms. The first-order valence-corrected chi connectivity index (χ1v) is 10.3. The summed E-state index contributed by atoms with van der Waals surface area (Å²) in [6, 6.07) is 0.0346. The van der Waals surface area contributed by atoms with Crippen molar-refractivity contribution in [3.8, 4) is 0 Å². The van der Waals surface area contributed by atoms with E-state index in [9.17, 15) is 13.2 Å². The van der Waals surface area contributed by atoms with Crippen LogP contribution >= 0.6 is 0 Å². The number of aryl methyl sites for hydroxylation is 1. The second-order valence-corrected chi connectivity index (χ2v) is 8.96. The molecular weight excluding hydrogens is 328 g/mol. The van der Waals surface area contributed by atoms with Crippen LogP contribution in [0.15, 0.2) is 6.20 Å². The van der Waals surface area contributed by atoms with E-state index in [2.05, 4.69) is 10.4 Å². The highest BCUT2D eigenvalue weighted by atomic mass is 32.2. The van der Waals surface area contributed by atoms with E-state index in [1.54, 1.807) is 6.92 Å². The maximum atomic E-state index is 12.6. The Balaban J connectivity index is 1.59. The maximum absolute atomic E-state index is 12.6. The van der Waals surface area contributed by atoms with Crippen LogP contribution in [0.2, 0.25) is 0 Å². The Kier molecular flexibility index (Phi) is 4.96. The summed E-state index contributed by atoms with van der Waals surface area (Å²) in [5.41, 5.74) is 2.33. The summed E-state index contributed by atoms with van der Waals surface area (Å²) in [6.07, 6.45) is 6.04. The van der Waals surface area contributed by atoms with Crippen molar-refractivity contribution in [3.63, 3.8) is 0 Å². The molecule has 3 rings (SSSR count). The largest absolute Gasteiger partial charge is 0.349 e. The van der Waals surface area contributed by atoms with E-state index in [0.29, 0.717) is 25.9 Å². The summed E-state index contributed by atoms with van der Waals surface area (Å²) in [5.74, 6) is 0.0658. The minimum Gasteiger partial charge on any atom is -0.349 e. The average molecular weight is 354 g/mol. The molecule has 7 nitrogen and oxygen atoms in total. The molecule has 0 spiro atoms. The fourth-order valence-electron chi connectivity index (χ4n) is 3.72. The van der Waals surface area contributed by atoms with Crippen molar-refractivity contribution < 1.29 is 13.2 Å². The number of hydrogen-bond donors (Lipinski definition) is 1. The molecule has 0 bridgehead atoms. The van der Waals surface area contributed by atoms with Gasteiger partial charge in [-0.05, 0) is 39.0 Å². The molecule has 1 atom stereocenters. The highest BCUT2D eigenvalue weighted by Crippen LogP contribution is 2.30. The van der Waals surface area contributed by atoms with Crippen molar-refractivity contribution in [1.29, 1.82) is 0 Å². The molecule has 8 heteroatoms. The molecule has 1 aliphatic heterocycles. The number of nitrogens with zero attached hydrogens (tertiary/aromatic N) is 3. The molecule has 1 aromatic rings. The molecule has 0 unspecified atom stereocenters. The fourth-order valence-corrected chi connectivity index (χ4v) is 4.86. The first-order valence-electron chi connectivity index (χ1n) is 8.71. The normalized spacial score (nSPS) is 23.0. The molecule has 0 saturated carbocycles. The fraction of sp³-hybridized carbons (Fsp3) is 0.750. The third kappa shape index (κ3) is 3.35. The molecule has 1 aliphatic carbocycles. The monoisotopic (exact) mass is 354 g/mol. The van der Waals surface area contributed by atoms with Crippen molar-refractivity contribution >= 4 is 15.9 Å². The number of sulfonamides is 1. The highest BCUT2D eigenvalue weighted by Gasteiger charge is 2.32. The van der Waals surface area contributed by atoms with E-state index >= 15 is 0 Å². The van der Waals surface area contributed by atoms with Crippen LogP contribution in [0, 0.1) is 5.92 Å². The van der Waals surface area contributed by atoms with E-state index in [4.69, 9.17) is 0 Å². The molecule has 134 valence electrons. The Morgan fingerprint density at radius 2 is 2.04 bits per heavy atom. The third-order valence-corrected chi connectivity index (χ3v) is 7.16. The lowest BCUT2D eigenvalue weighted by Gasteiger charge is -2.32. The number of rotatable bonds is 4. The van der Waals surface area contributed by atoms with Gasteiger partial charge in [-0.15, -0.1) is 0 Å². The van der Waals surface area contributed by atoms with E-state index in [-0.39, 0.29) is 23.6 Å². The predicted molar refractivity (Wildman–Crippen MR) is 90.8 cm³/mol. The zero-order chi connectivity index (χ0) is 17.3. The number of piperidine rings is 1. The van der Waals surface area contributed by atoms with Crippen LogP contribution in [0.4, 0.5) is 0 Å². The Morgan fingerprint density at radius 1 is 1.33 bits per heavy atom. The van der Waals surface area contributed by atoms with Gasteiger partial charge in [0.2, 0.25) is 15.9 Å². The molecule has 1 amide bonds. The van der Waals surface area contributed by atoms with E-state index in [0.717, 1.165) is 24.8 Å². The summed E-state index contributed by atoms with van der Waals surface area (Å²) in [7, 11) is -1.21. The van der Waals surface area contributed by atoms with Crippen LogP contribution in [0.25, 0.3) is 0 Å². The smallest absolute Gasteiger partial charge is 0.223 e. The van der Waals surface area contributed by atoms with Gasteiger partial charge in [-0.25, -0.2) is 12.7 Å². The summed E-state index contributed by atoms with van der Waals surface area (Å²) >= 11 is 0. The second kappa shape index (κ2) is 6.84. The zero-order valence-corrected chi connectivity index (χ0v) is 15.2. The van der Waals surface area contributed by atoms with Gasteiger partial charge in [0.25, 0.3) is 0 Å². The molecule has 0 aromatic carbocycles. The van der Waals surface area contributed by atoms with Crippen LogP contribution in [-0.4, -0.2) is 47.3 Å². The van der Waals surface area contributed by atoms with Crippen molar-refractivity contribution in [2.24, 2.45) is 13.0 Å². The zero-order valence-electron chi connectivity index (χ0n) is 14.4. The lowest BCUT2D eigenvalue weighted by Crippen LogP contribution is -2.44. The third-order valence-electron chi connectivity index (χ3n) is 5.28. The molecule has 1 N–H and O–H groups in total. The second-order valence-electron chi connectivity index (χ2n) is 6.70. The molecule has 1 saturated heterocycles. The minimum atomic E-state index is -3.14. The Hall–Kier alpha value is -1.41. The van der Waals surface area contributed by atoms with Gasteiger partial charge in [-0.2, -0.15) is 5.10 Å². The van der Waals surface area contributed by atoms with Crippen LogP contribution < -0.4 is 5.32 Å².